The summed E-state index contributed by atoms with van der Waals surface area (Å²) in [7, 11) is 0. The van der Waals surface area contributed by atoms with E-state index in [0.717, 1.165) is 50.2 Å². The van der Waals surface area contributed by atoms with Crippen LogP contribution in [0, 0.1) is 6.92 Å². The predicted octanol–water partition coefficient (Wildman–Crippen LogP) is 1.80. The van der Waals surface area contributed by atoms with Gasteiger partial charge in [-0.15, -0.1) is 0 Å². The first kappa shape index (κ1) is 14.1. The standard InChI is InChI=1S/C14H25N5/c1-3-4-5-6-16-13-11-14(18-12(2)17-13)19-9-7-15-8-10-19/h11,15H,3-10H2,1-2H3,(H,16,17,18). The van der Waals surface area contributed by atoms with Gasteiger partial charge in [-0.05, 0) is 13.3 Å². The van der Waals surface area contributed by atoms with Crippen molar-refractivity contribution in [3.05, 3.63) is 11.9 Å². The van der Waals surface area contributed by atoms with Crippen LogP contribution in [0.5, 0.6) is 0 Å². The Hall–Kier alpha value is -1.36. The lowest BCUT2D eigenvalue weighted by Gasteiger charge is -2.28. The number of aromatic nitrogens is 2. The molecule has 1 aliphatic rings. The maximum Gasteiger partial charge on any atom is 0.134 e. The van der Waals surface area contributed by atoms with E-state index in [4.69, 9.17) is 0 Å². The number of aryl methyl sites for hydroxylation is 1. The van der Waals surface area contributed by atoms with Crippen molar-refractivity contribution in [2.45, 2.75) is 33.1 Å². The molecule has 0 radical (unpaired) electrons. The van der Waals surface area contributed by atoms with Crippen molar-refractivity contribution < 1.29 is 0 Å². The van der Waals surface area contributed by atoms with Crippen LogP contribution in [0.2, 0.25) is 0 Å². The number of hydrogen-bond donors (Lipinski definition) is 2. The molecule has 0 saturated carbocycles. The molecule has 0 atom stereocenters. The Kier molecular flexibility index (Phi) is 5.39. The van der Waals surface area contributed by atoms with Crippen LogP contribution in [0.15, 0.2) is 6.07 Å². The molecule has 1 aromatic rings. The second-order valence-corrected chi connectivity index (χ2v) is 5.03. The first-order valence-corrected chi connectivity index (χ1v) is 7.35. The lowest BCUT2D eigenvalue weighted by Crippen LogP contribution is -2.44. The molecule has 2 rings (SSSR count). The Labute approximate surface area is 115 Å². The molecule has 5 nitrogen and oxygen atoms in total. The van der Waals surface area contributed by atoms with Crippen molar-refractivity contribution in [1.29, 1.82) is 0 Å². The molecule has 1 saturated heterocycles. The average molecular weight is 263 g/mol. The van der Waals surface area contributed by atoms with Crippen LogP contribution in [0.1, 0.15) is 32.0 Å². The summed E-state index contributed by atoms with van der Waals surface area (Å²) in [6.07, 6.45) is 3.71. The second-order valence-electron chi connectivity index (χ2n) is 5.03. The minimum absolute atomic E-state index is 0.842. The molecule has 0 amide bonds. The number of nitrogens with one attached hydrogen (secondary N) is 2. The number of piperazine rings is 1. The van der Waals surface area contributed by atoms with E-state index in [0.29, 0.717) is 0 Å². The Balaban J connectivity index is 1.97. The van der Waals surface area contributed by atoms with E-state index in [-0.39, 0.29) is 0 Å². The fourth-order valence-corrected chi connectivity index (χ4v) is 2.29. The van der Waals surface area contributed by atoms with Gasteiger partial charge in [0.2, 0.25) is 0 Å². The first-order valence-electron chi connectivity index (χ1n) is 7.35. The number of rotatable bonds is 6. The normalized spacial score (nSPS) is 15.6. The Morgan fingerprint density at radius 3 is 2.79 bits per heavy atom. The van der Waals surface area contributed by atoms with Crippen molar-refractivity contribution in [2.24, 2.45) is 0 Å². The van der Waals surface area contributed by atoms with Gasteiger partial charge in [-0.25, -0.2) is 9.97 Å². The van der Waals surface area contributed by atoms with Crippen molar-refractivity contribution in [3.63, 3.8) is 0 Å². The van der Waals surface area contributed by atoms with E-state index in [1.54, 1.807) is 0 Å². The van der Waals surface area contributed by atoms with Crippen molar-refractivity contribution >= 4 is 11.6 Å². The highest BCUT2D eigenvalue weighted by atomic mass is 15.2. The topological polar surface area (TPSA) is 53.1 Å². The molecule has 1 aromatic heterocycles. The summed E-state index contributed by atoms with van der Waals surface area (Å²) in [5.74, 6) is 2.85. The van der Waals surface area contributed by atoms with Crippen molar-refractivity contribution in [3.8, 4) is 0 Å². The highest BCUT2D eigenvalue weighted by molar-refractivity contribution is 5.49. The minimum Gasteiger partial charge on any atom is -0.370 e. The highest BCUT2D eigenvalue weighted by Crippen LogP contribution is 2.16. The van der Waals surface area contributed by atoms with Crippen LogP contribution in [0.25, 0.3) is 0 Å². The summed E-state index contributed by atoms with van der Waals surface area (Å²) < 4.78 is 0. The lowest BCUT2D eigenvalue weighted by molar-refractivity contribution is 0.584. The van der Waals surface area contributed by atoms with Gasteiger partial charge in [0.05, 0.1) is 0 Å². The number of unbranched alkanes of at least 4 members (excludes halogenated alkanes) is 2. The summed E-state index contributed by atoms with van der Waals surface area (Å²) in [4.78, 5) is 11.3. The molecule has 106 valence electrons. The molecular formula is C14H25N5. The van der Waals surface area contributed by atoms with Crippen LogP contribution in [-0.4, -0.2) is 42.7 Å². The third-order valence-corrected chi connectivity index (χ3v) is 3.35. The summed E-state index contributed by atoms with van der Waals surface area (Å²) in [6, 6.07) is 2.07. The first-order chi connectivity index (χ1) is 9.29. The fraction of sp³-hybridized carbons (Fsp3) is 0.714. The zero-order chi connectivity index (χ0) is 13.5. The average Bonchev–Trinajstić information content (AvgIpc) is 2.44. The van der Waals surface area contributed by atoms with Crippen molar-refractivity contribution in [2.75, 3.05) is 42.9 Å². The molecule has 0 unspecified atom stereocenters. The second kappa shape index (κ2) is 7.28. The molecule has 2 N–H and O–H groups in total. The van der Waals surface area contributed by atoms with Crippen LogP contribution in [0.3, 0.4) is 0 Å². The largest absolute Gasteiger partial charge is 0.370 e. The molecule has 1 fully saturated rings. The Bertz CT molecular complexity index is 387. The smallest absolute Gasteiger partial charge is 0.134 e. The van der Waals surface area contributed by atoms with E-state index in [1.165, 1.54) is 19.3 Å². The van der Waals surface area contributed by atoms with Gasteiger partial charge in [-0.3, -0.25) is 0 Å². The van der Waals surface area contributed by atoms with Crippen LogP contribution in [0.4, 0.5) is 11.6 Å². The molecule has 0 aromatic carbocycles. The third kappa shape index (κ3) is 4.35. The van der Waals surface area contributed by atoms with Gasteiger partial charge in [0.25, 0.3) is 0 Å². The lowest BCUT2D eigenvalue weighted by atomic mass is 10.2. The maximum absolute atomic E-state index is 4.55. The van der Waals surface area contributed by atoms with E-state index in [9.17, 15) is 0 Å². The Morgan fingerprint density at radius 2 is 2.05 bits per heavy atom. The number of hydrogen-bond acceptors (Lipinski definition) is 5. The number of nitrogens with zero attached hydrogens (tertiary/aromatic N) is 3. The van der Waals surface area contributed by atoms with Gasteiger partial charge >= 0.3 is 0 Å². The molecule has 5 heteroatoms. The number of anilines is 2. The molecule has 0 aliphatic carbocycles. The van der Waals surface area contributed by atoms with Gasteiger partial charge in [0.1, 0.15) is 17.5 Å². The summed E-state index contributed by atoms with van der Waals surface area (Å²) in [5.41, 5.74) is 0. The summed E-state index contributed by atoms with van der Waals surface area (Å²) in [5, 5.41) is 6.77. The van der Waals surface area contributed by atoms with E-state index >= 15 is 0 Å². The van der Waals surface area contributed by atoms with E-state index in [2.05, 4.69) is 38.5 Å². The quantitative estimate of drug-likeness (QED) is 0.767. The zero-order valence-electron chi connectivity index (χ0n) is 12.1. The molecule has 0 bridgehead atoms. The van der Waals surface area contributed by atoms with Gasteiger partial charge < -0.3 is 15.5 Å². The van der Waals surface area contributed by atoms with E-state index < -0.39 is 0 Å². The monoisotopic (exact) mass is 263 g/mol. The maximum atomic E-state index is 4.55. The molecule has 2 heterocycles. The van der Waals surface area contributed by atoms with Gasteiger partial charge in [0.15, 0.2) is 0 Å². The zero-order valence-corrected chi connectivity index (χ0v) is 12.1. The van der Waals surface area contributed by atoms with Crippen LogP contribution < -0.4 is 15.5 Å². The van der Waals surface area contributed by atoms with Gasteiger partial charge in [0, 0.05) is 38.8 Å². The van der Waals surface area contributed by atoms with Crippen LogP contribution >= 0.6 is 0 Å². The molecular weight excluding hydrogens is 238 g/mol. The van der Waals surface area contributed by atoms with Crippen molar-refractivity contribution in [1.82, 2.24) is 15.3 Å². The molecule has 19 heavy (non-hydrogen) atoms. The van der Waals surface area contributed by atoms with Crippen LogP contribution in [-0.2, 0) is 0 Å². The Morgan fingerprint density at radius 1 is 1.26 bits per heavy atom. The van der Waals surface area contributed by atoms with Gasteiger partial charge in [-0.1, -0.05) is 19.8 Å². The molecule has 0 spiro atoms. The SMILES string of the molecule is CCCCCNc1cc(N2CCNCC2)nc(C)n1. The molecule has 1 aliphatic heterocycles. The highest BCUT2D eigenvalue weighted by Gasteiger charge is 2.13. The van der Waals surface area contributed by atoms with Gasteiger partial charge in [-0.2, -0.15) is 0 Å². The minimum atomic E-state index is 0.842. The summed E-state index contributed by atoms with van der Waals surface area (Å²) in [6.45, 7) is 9.27. The summed E-state index contributed by atoms with van der Waals surface area (Å²) >= 11 is 0. The predicted molar refractivity (Wildman–Crippen MR) is 79.9 cm³/mol. The third-order valence-electron chi connectivity index (χ3n) is 3.35. The van der Waals surface area contributed by atoms with E-state index in [1.807, 2.05) is 6.92 Å². The fourth-order valence-electron chi connectivity index (χ4n) is 2.29.